The Balaban J connectivity index is 1.80. The molecule has 1 fully saturated rings. The maximum Gasteiger partial charge on any atom is 0.308 e. The Morgan fingerprint density at radius 1 is 1.28 bits per heavy atom. The van der Waals surface area contributed by atoms with Gasteiger partial charge in [0.15, 0.2) is 0 Å². The quantitative estimate of drug-likeness (QED) is 0.772. The zero-order chi connectivity index (χ0) is 17.4. The molecule has 128 valence electrons. The van der Waals surface area contributed by atoms with E-state index in [4.69, 9.17) is 0 Å². The SMILES string of the molecule is O=C(O)C1CCCN(c2ncnc3scc(-c4ccc(F)cc4)c23)C1. The van der Waals surface area contributed by atoms with Crippen LogP contribution in [-0.2, 0) is 4.79 Å². The van der Waals surface area contributed by atoms with Crippen molar-refractivity contribution in [2.45, 2.75) is 12.8 Å². The number of hydrogen-bond acceptors (Lipinski definition) is 5. The molecule has 0 aliphatic carbocycles. The molecule has 0 bridgehead atoms. The fraction of sp³-hybridized carbons (Fsp3) is 0.278. The van der Waals surface area contributed by atoms with Gasteiger partial charge in [-0.1, -0.05) is 12.1 Å². The van der Waals surface area contributed by atoms with E-state index >= 15 is 0 Å². The highest BCUT2D eigenvalue weighted by Gasteiger charge is 2.28. The summed E-state index contributed by atoms with van der Waals surface area (Å²) in [5.74, 6) is -0.664. The molecule has 4 rings (SSSR count). The Morgan fingerprint density at radius 3 is 2.84 bits per heavy atom. The molecule has 1 N–H and O–H groups in total. The van der Waals surface area contributed by atoms with Gasteiger partial charge in [0, 0.05) is 24.0 Å². The Labute approximate surface area is 147 Å². The molecular formula is C18H16FN3O2S. The summed E-state index contributed by atoms with van der Waals surface area (Å²) in [6.07, 6.45) is 3.03. The molecule has 0 saturated carbocycles. The summed E-state index contributed by atoms with van der Waals surface area (Å²) in [6, 6.07) is 6.35. The number of carboxylic acids is 1. The molecule has 0 amide bonds. The molecule has 3 aromatic rings. The van der Waals surface area contributed by atoms with E-state index in [1.54, 1.807) is 12.1 Å². The summed E-state index contributed by atoms with van der Waals surface area (Å²) in [5.41, 5.74) is 1.85. The highest BCUT2D eigenvalue weighted by atomic mass is 32.1. The molecule has 1 saturated heterocycles. The fourth-order valence-electron chi connectivity index (χ4n) is 3.31. The van der Waals surface area contributed by atoms with Gasteiger partial charge in [-0.25, -0.2) is 14.4 Å². The van der Waals surface area contributed by atoms with E-state index in [-0.39, 0.29) is 11.7 Å². The first-order valence-electron chi connectivity index (χ1n) is 8.09. The van der Waals surface area contributed by atoms with Gasteiger partial charge < -0.3 is 10.0 Å². The van der Waals surface area contributed by atoms with Crippen molar-refractivity contribution in [3.63, 3.8) is 0 Å². The molecule has 0 radical (unpaired) electrons. The van der Waals surface area contributed by atoms with Crippen LogP contribution in [0.2, 0.25) is 0 Å². The predicted molar refractivity (Wildman–Crippen MR) is 95.4 cm³/mol. The average molecular weight is 357 g/mol. The first kappa shape index (κ1) is 16.0. The highest BCUT2D eigenvalue weighted by molar-refractivity contribution is 7.17. The van der Waals surface area contributed by atoms with Crippen LogP contribution in [-0.4, -0.2) is 34.1 Å². The van der Waals surface area contributed by atoms with Gasteiger partial charge in [0.2, 0.25) is 0 Å². The second-order valence-corrected chi connectivity index (χ2v) is 7.02. The molecule has 1 unspecified atom stereocenters. The molecule has 1 aliphatic rings. The number of aromatic nitrogens is 2. The minimum absolute atomic E-state index is 0.278. The smallest absolute Gasteiger partial charge is 0.308 e. The van der Waals surface area contributed by atoms with Crippen molar-refractivity contribution >= 4 is 33.3 Å². The number of halogens is 1. The number of benzene rings is 1. The minimum atomic E-state index is -0.765. The molecule has 1 aromatic carbocycles. The van der Waals surface area contributed by atoms with Crippen LogP contribution in [0, 0.1) is 11.7 Å². The standard InChI is InChI=1S/C18H16FN3O2S/c19-13-5-3-11(4-6-13)14-9-25-17-15(14)16(20-10-21-17)22-7-1-2-12(8-22)18(23)24/h3-6,9-10,12H,1-2,7-8H2,(H,23,24). The van der Waals surface area contributed by atoms with Crippen molar-refractivity contribution in [1.29, 1.82) is 0 Å². The van der Waals surface area contributed by atoms with Crippen molar-refractivity contribution in [2.24, 2.45) is 5.92 Å². The van der Waals surface area contributed by atoms with E-state index in [1.165, 1.54) is 29.8 Å². The third kappa shape index (κ3) is 2.95. The largest absolute Gasteiger partial charge is 0.481 e. The molecule has 5 nitrogen and oxygen atoms in total. The first-order chi connectivity index (χ1) is 12.1. The number of thiophene rings is 1. The van der Waals surface area contributed by atoms with E-state index in [0.717, 1.165) is 40.1 Å². The van der Waals surface area contributed by atoms with Crippen molar-refractivity contribution in [2.75, 3.05) is 18.0 Å². The zero-order valence-electron chi connectivity index (χ0n) is 13.4. The Bertz CT molecular complexity index is 926. The number of rotatable bonds is 3. The van der Waals surface area contributed by atoms with Gasteiger partial charge >= 0.3 is 5.97 Å². The monoisotopic (exact) mass is 357 g/mol. The number of piperidine rings is 1. The topological polar surface area (TPSA) is 66.3 Å². The summed E-state index contributed by atoms with van der Waals surface area (Å²) in [6.45, 7) is 1.22. The van der Waals surface area contributed by atoms with Crippen LogP contribution in [0.3, 0.4) is 0 Å². The molecule has 3 heterocycles. The molecule has 1 aliphatic heterocycles. The van der Waals surface area contributed by atoms with Crippen molar-refractivity contribution in [1.82, 2.24) is 9.97 Å². The van der Waals surface area contributed by atoms with E-state index in [2.05, 4.69) is 9.97 Å². The van der Waals surface area contributed by atoms with Crippen LogP contribution in [0.1, 0.15) is 12.8 Å². The lowest BCUT2D eigenvalue weighted by atomic mass is 9.97. The van der Waals surface area contributed by atoms with Gasteiger partial charge in [-0.05, 0) is 30.5 Å². The number of nitrogens with zero attached hydrogens (tertiary/aromatic N) is 3. The summed E-state index contributed by atoms with van der Waals surface area (Å²) < 4.78 is 13.2. The third-order valence-corrected chi connectivity index (χ3v) is 5.46. The Kier molecular flexibility index (Phi) is 4.09. The second-order valence-electron chi connectivity index (χ2n) is 6.16. The third-order valence-electron chi connectivity index (χ3n) is 4.58. The summed E-state index contributed by atoms with van der Waals surface area (Å²) >= 11 is 1.51. The van der Waals surface area contributed by atoms with E-state index < -0.39 is 5.97 Å². The number of hydrogen-bond donors (Lipinski definition) is 1. The lowest BCUT2D eigenvalue weighted by molar-refractivity contribution is -0.141. The highest BCUT2D eigenvalue weighted by Crippen LogP contribution is 2.38. The number of fused-ring (bicyclic) bond motifs is 1. The number of carbonyl (C=O) groups is 1. The average Bonchev–Trinajstić information content (AvgIpc) is 3.06. The summed E-state index contributed by atoms with van der Waals surface area (Å²) in [7, 11) is 0. The lowest BCUT2D eigenvalue weighted by Crippen LogP contribution is -2.39. The maximum absolute atomic E-state index is 13.2. The zero-order valence-corrected chi connectivity index (χ0v) is 14.2. The fourth-order valence-corrected chi connectivity index (χ4v) is 4.22. The van der Waals surface area contributed by atoms with Crippen LogP contribution in [0.5, 0.6) is 0 Å². The van der Waals surface area contributed by atoms with Crippen LogP contribution in [0.25, 0.3) is 21.3 Å². The molecule has 0 spiro atoms. The molecule has 1 atom stereocenters. The van der Waals surface area contributed by atoms with Gasteiger partial charge in [-0.15, -0.1) is 11.3 Å². The Morgan fingerprint density at radius 2 is 2.08 bits per heavy atom. The minimum Gasteiger partial charge on any atom is -0.481 e. The summed E-state index contributed by atoms with van der Waals surface area (Å²) in [5, 5.41) is 12.2. The van der Waals surface area contributed by atoms with Gasteiger partial charge in [0.25, 0.3) is 0 Å². The summed E-state index contributed by atoms with van der Waals surface area (Å²) in [4.78, 5) is 23.1. The number of aliphatic carboxylic acids is 1. The van der Waals surface area contributed by atoms with Crippen LogP contribution >= 0.6 is 11.3 Å². The van der Waals surface area contributed by atoms with Gasteiger partial charge in [-0.3, -0.25) is 4.79 Å². The van der Waals surface area contributed by atoms with E-state index in [9.17, 15) is 14.3 Å². The lowest BCUT2D eigenvalue weighted by Gasteiger charge is -2.32. The van der Waals surface area contributed by atoms with Crippen molar-refractivity contribution in [3.05, 3.63) is 41.8 Å². The van der Waals surface area contributed by atoms with E-state index in [1.807, 2.05) is 10.3 Å². The maximum atomic E-state index is 13.2. The van der Waals surface area contributed by atoms with Crippen molar-refractivity contribution in [3.8, 4) is 11.1 Å². The molecule has 2 aromatic heterocycles. The van der Waals surface area contributed by atoms with Crippen molar-refractivity contribution < 1.29 is 14.3 Å². The number of carboxylic acid groups (broad SMARTS) is 1. The Hall–Kier alpha value is -2.54. The van der Waals surface area contributed by atoms with Gasteiger partial charge in [-0.2, -0.15) is 0 Å². The van der Waals surface area contributed by atoms with Crippen LogP contribution < -0.4 is 4.90 Å². The predicted octanol–water partition coefficient (Wildman–Crippen LogP) is 3.80. The number of anilines is 1. The van der Waals surface area contributed by atoms with Gasteiger partial charge in [0.05, 0.1) is 11.3 Å². The normalized spacial score (nSPS) is 17.8. The molecule has 25 heavy (non-hydrogen) atoms. The van der Waals surface area contributed by atoms with Gasteiger partial charge in [0.1, 0.15) is 22.8 Å². The second kappa shape index (κ2) is 6.40. The van der Waals surface area contributed by atoms with Crippen LogP contribution in [0.4, 0.5) is 10.2 Å². The van der Waals surface area contributed by atoms with Crippen LogP contribution in [0.15, 0.2) is 36.0 Å². The molecular weight excluding hydrogens is 341 g/mol. The van der Waals surface area contributed by atoms with E-state index in [0.29, 0.717) is 13.0 Å². The first-order valence-corrected chi connectivity index (χ1v) is 8.97. The molecule has 7 heteroatoms.